The van der Waals surface area contributed by atoms with Crippen molar-refractivity contribution >= 4 is 23.0 Å². The number of nitrogens with zero attached hydrogens (tertiary/aromatic N) is 1. The lowest BCUT2D eigenvalue weighted by Gasteiger charge is -2.27. The second kappa shape index (κ2) is 7.89. The van der Waals surface area contributed by atoms with Crippen molar-refractivity contribution in [1.29, 1.82) is 0 Å². The molecule has 1 aromatic carbocycles. The number of fused-ring (bicyclic) bond motifs is 1. The molecular formula is C22H27NO6. The molecule has 0 N–H and O–H groups in total. The topological polar surface area (TPSA) is 86.0 Å². The van der Waals surface area contributed by atoms with Crippen molar-refractivity contribution in [2.24, 2.45) is 0 Å². The molecule has 3 rings (SSSR count). The molecule has 1 fully saturated rings. The zero-order chi connectivity index (χ0) is 21.3. The number of aryl methyl sites for hydroxylation is 2. The molecule has 2 aromatic rings. The molecule has 7 heteroatoms. The van der Waals surface area contributed by atoms with E-state index in [1.807, 2.05) is 19.9 Å². The van der Waals surface area contributed by atoms with E-state index in [9.17, 15) is 14.4 Å². The van der Waals surface area contributed by atoms with Gasteiger partial charge in [0.25, 0.3) is 0 Å². The minimum atomic E-state index is -0.699. The summed E-state index contributed by atoms with van der Waals surface area (Å²) in [4.78, 5) is 38.4. The second-order valence-corrected chi connectivity index (χ2v) is 8.31. The van der Waals surface area contributed by atoms with Crippen molar-refractivity contribution in [2.45, 2.75) is 65.5 Å². The van der Waals surface area contributed by atoms with E-state index < -0.39 is 29.3 Å². The van der Waals surface area contributed by atoms with Gasteiger partial charge in [-0.25, -0.2) is 14.4 Å². The maximum absolute atomic E-state index is 12.9. The Labute approximate surface area is 169 Å². The minimum absolute atomic E-state index is 0.342. The fraction of sp³-hybridized carbons (Fsp3) is 0.500. The summed E-state index contributed by atoms with van der Waals surface area (Å²) in [6, 6.07) is 4.18. The van der Waals surface area contributed by atoms with Crippen LogP contribution >= 0.6 is 0 Å². The average Bonchev–Trinajstić information content (AvgIpc) is 3.09. The Kier molecular flexibility index (Phi) is 5.68. The first kappa shape index (κ1) is 20.9. The summed E-state index contributed by atoms with van der Waals surface area (Å²) in [6.07, 6.45) is 1.33. The van der Waals surface area contributed by atoms with Crippen molar-refractivity contribution in [2.75, 3.05) is 6.54 Å². The highest BCUT2D eigenvalue weighted by atomic mass is 16.6. The lowest BCUT2D eigenvalue weighted by atomic mass is 10.1. The largest absolute Gasteiger partial charge is 0.444 e. The maximum atomic E-state index is 12.9. The van der Waals surface area contributed by atoms with E-state index in [4.69, 9.17) is 13.9 Å². The van der Waals surface area contributed by atoms with Gasteiger partial charge in [-0.2, -0.15) is 0 Å². The number of carbonyl (C=O) groups is 2. The third-order valence-electron chi connectivity index (χ3n) is 4.88. The molecule has 0 bridgehead atoms. The third-order valence-corrected chi connectivity index (χ3v) is 4.88. The first-order valence-corrected chi connectivity index (χ1v) is 9.87. The molecule has 1 aliphatic rings. The lowest BCUT2D eigenvalue weighted by Crippen LogP contribution is -2.44. The summed E-state index contributed by atoms with van der Waals surface area (Å²) < 4.78 is 16.4. The molecule has 1 aliphatic heterocycles. The highest BCUT2D eigenvalue weighted by Gasteiger charge is 2.38. The van der Waals surface area contributed by atoms with E-state index in [0.29, 0.717) is 37.1 Å². The summed E-state index contributed by atoms with van der Waals surface area (Å²) in [5.74, 6) is -0.174. The first-order valence-electron chi connectivity index (χ1n) is 9.87. The van der Waals surface area contributed by atoms with Crippen molar-refractivity contribution in [1.82, 2.24) is 4.90 Å². The van der Waals surface area contributed by atoms with Gasteiger partial charge >= 0.3 is 17.7 Å². The quantitative estimate of drug-likeness (QED) is 0.439. The number of hydrogen-bond donors (Lipinski definition) is 0. The summed E-state index contributed by atoms with van der Waals surface area (Å²) in [5.41, 5.74) is 0.895. The van der Waals surface area contributed by atoms with Gasteiger partial charge in [0.15, 0.2) is 0 Å². The van der Waals surface area contributed by atoms with Crippen LogP contribution < -0.4 is 10.4 Å². The van der Waals surface area contributed by atoms with Crippen molar-refractivity contribution < 1.29 is 23.5 Å². The summed E-state index contributed by atoms with van der Waals surface area (Å²) in [7, 11) is 0. The summed E-state index contributed by atoms with van der Waals surface area (Å²) in [6.45, 7) is 9.59. The average molecular weight is 401 g/mol. The number of ether oxygens (including phenoxy) is 2. The van der Waals surface area contributed by atoms with E-state index in [0.717, 1.165) is 16.5 Å². The Hall–Kier alpha value is -2.83. The van der Waals surface area contributed by atoms with Crippen LogP contribution in [0.1, 0.15) is 51.7 Å². The molecule has 2 heterocycles. The number of esters is 1. The molecule has 0 radical (unpaired) electrons. The van der Waals surface area contributed by atoms with Crippen molar-refractivity contribution in [3.8, 4) is 5.75 Å². The molecule has 0 spiro atoms. The van der Waals surface area contributed by atoms with Crippen molar-refractivity contribution in [3.05, 3.63) is 39.7 Å². The van der Waals surface area contributed by atoms with Crippen LogP contribution in [0, 0.1) is 6.92 Å². The summed E-state index contributed by atoms with van der Waals surface area (Å²) in [5, 5.41) is 0.803. The van der Waals surface area contributed by atoms with Gasteiger partial charge in [-0.3, -0.25) is 4.90 Å². The fourth-order valence-electron chi connectivity index (χ4n) is 3.49. The molecular weight excluding hydrogens is 374 g/mol. The third kappa shape index (κ3) is 4.60. The zero-order valence-electron chi connectivity index (χ0n) is 17.5. The number of rotatable bonds is 3. The molecule has 0 unspecified atom stereocenters. The molecule has 29 heavy (non-hydrogen) atoms. The second-order valence-electron chi connectivity index (χ2n) is 8.31. The predicted octanol–water partition coefficient (Wildman–Crippen LogP) is 3.97. The normalized spacial score (nSPS) is 16.9. The smallest absolute Gasteiger partial charge is 0.411 e. The number of likely N-dealkylation sites (tertiary alicyclic amines) is 1. The van der Waals surface area contributed by atoms with Crippen LogP contribution in [0.5, 0.6) is 5.75 Å². The van der Waals surface area contributed by atoms with Crippen LogP contribution in [-0.4, -0.2) is 35.2 Å². The molecule has 0 aliphatic carbocycles. The van der Waals surface area contributed by atoms with E-state index in [-0.39, 0.29) is 0 Å². The van der Waals surface area contributed by atoms with Gasteiger partial charge in [0.05, 0.1) is 0 Å². The molecule has 7 nitrogen and oxygen atoms in total. The van der Waals surface area contributed by atoms with E-state index in [1.165, 1.54) is 11.0 Å². The molecule has 0 saturated carbocycles. The van der Waals surface area contributed by atoms with Crippen LogP contribution in [0.15, 0.2) is 27.4 Å². The standard InChI is InChI=1S/C22H27NO6/c1-6-14-11-15-13(2)10-19(24)27-18(15)12-17(14)28-20(25)16-8-7-9-23(16)21(26)29-22(3,4)5/h10-12,16H,6-9H2,1-5H3/t16-/m1/s1. The number of carbonyl (C=O) groups excluding carboxylic acids is 2. The first-order chi connectivity index (χ1) is 13.6. The predicted molar refractivity (Wildman–Crippen MR) is 108 cm³/mol. The lowest BCUT2D eigenvalue weighted by molar-refractivity contribution is -0.139. The monoisotopic (exact) mass is 401 g/mol. The number of amides is 1. The van der Waals surface area contributed by atoms with Gasteiger partial charge in [-0.15, -0.1) is 0 Å². The molecule has 156 valence electrons. The Morgan fingerprint density at radius 3 is 2.62 bits per heavy atom. The molecule has 1 amide bonds. The van der Waals surface area contributed by atoms with Crippen LogP contribution in [0.25, 0.3) is 11.0 Å². The highest BCUT2D eigenvalue weighted by Crippen LogP contribution is 2.29. The Balaban J connectivity index is 1.87. The molecule has 1 aromatic heterocycles. The van der Waals surface area contributed by atoms with E-state index in [2.05, 4.69) is 0 Å². The number of hydrogen-bond acceptors (Lipinski definition) is 6. The van der Waals surface area contributed by atoms with Crippen LogP contribution in [-0.2, 0) is 16.0 Å². The van der Waals surface area contributed by atoms with Gasteiger partial charge in [0, 0.05) is 24.1 Å². The SMILES string of the molecule is CCc1cc2c(C)cc(=O)oc2cc1OC(=O)[C@H]1CCCN1C(=O)OC(C)(C)C. The van der Waals surface area contributed by atoms with E-state index >= 15 is 0 Å². The van der Waals surface area contributed by atoms with Gasteiger partial charge in [-0.1, -0.05) is 6.92 Å². The Bertz CT molecular complexity index is 1000. The highest BCUT2D eigenvalue weighted by molar-refractivity contribution is 5.86. The van der Waals surface area contributed by atoms with E-state index in [1.54, 1.807) is 26.8 Å². The zero-order valence-corrected chi connectivity index (χ0v) is 17.5. The van der Waals surface area contributed by atoms with Crippen LogP contribution in [0.3, 0.4) is 0 Å². The van der Waals surface area contributed by atoms with Gasteiger partial charge in [0.2, 0.25) is 0 Å². The van der Waals surface area contributed by atoms with Gasteiger partial charge in [0.1, 0.15) is 23.0 Å². The maximum Gasteiger partial charge on any atom is 0.411 e. The molecule has 1 atom stereocenters. The van der Waals surface area contributed by atoms with Gasteiger partial charge < -0.3 is 13.9 Å². The Morgan fingerprint density at radius 1 is 1.24 bits per heavy atom. The fourth-order valence-corrected chi connectivity index (χ4v) is 3.49. The Morgan fingerprint density at radius 2 is 1.97 bits per heavy atom. The van der Waals surface area contributed by atoms with Crippen LogP contribution in [0.4, 0.5) is 4.79 Å². The van der Waals surface area contributed by atoms with Gasteiger partial charge in [-0.05, 0) is 64.2 Å². The van der Waals surface area contributed by atoms with Crippen LogP contribution in [0.2, 0.25) is 0 Å². The number of benzene rings is 1. The summed E-state index contributed by atoms with van der Waals surface area (Å²) >= 11 is 0. The molecule has 1 saturated heterocycles. The minimum Gasteiger partial charge on any atom is -0.444 e. The van der Waals surface area contributed by atoms with Crippen molar-refractivity contribution in [3.63, 3.8) is 0 Å².